The van der Waals surface area contributed by atoms with Gasteiger partial charge in [0.1, 0.15) is 5.82 Å². The topological polar surface area (TPSA) is 55.4 Å². The zero-order chi connectivity index (χ0) is 17.9. The van der Waals surface area contributed by atoms with E-state index in [0.717, 1.165) is 12.8 Å². The van der Waals surface area contributed by atoms with Gasteiger partial charge < -0.3 is 10.1 Å². The number of benzene rings is 1. The van der Waals surface area contributed by atoms with Crippen LogP contribution in [0.2, 0.25) is 0 Å². The monoisotopic (exact) mass is 399 g/mol. The van der Waals surface area contributed by atoms with E-state index < -0.39 is 17.9 Å². The number of carbonyl (C=O) groups excluding carboxylic acids is 2. The van der Waals surface area contributed by atoms with Gasteiger partial charge in [-0.2, -0.15) is 0 Å². The van der Waals surface area contributed by atoms with Crippen molar-refractivity contribution in [2.24, 2.45) is 11.8 Å². The molecule has 0 unspecified atom stereocenters. The van der Waals surface area contributed by atoms with E-state index in [9.17, 15) is 14.0 Å². The number of nitrogens with one attached hydrogen (secondary N) is 1. The third kappa shape index (κ3) is 4.56. The van der Waals surface area contributed by atoms with Gasteiger partial charge in [-0.15, -0.1) is 0 Å². The molecule has 1 aromatic carbocycles. The third-order valence-electron chi connectivity index (χ3n) is 4.84. The van der Waals surface area contributed by atoms with Crippen LogP contribution in [-0.4, -0.2) is 24.0 Å². The molecule has 1 amide bonds. The van der Waals surface area contributed by atoms with Crippen molar-refractivity contribution in [3.63, 3.8) is 0 Å². The lowest BCUT2D eigenvalue weighted by molar-refractivity contribution is -0.130. The average Bonchev–Trinajstić information content (AvgIpc) is 2.51. The quantitative estimate of drug-likeness (QED) is 0.776. The molecule has 1 fully saturated rings. The van der Waals surface area contributed by atoms with Gasteiger partial charge in [-0.05, 0) is 59.3 Å². The van der Waals surface area contributed by atoms with Crippen molar-refractivity contribution in [3.05, 3.63) is 34.1 Å². The molecule has 4 atom stereocenters. The molecule has 1 N–H and O–H groups in total. The lowest BCUT2D eigenvalue weighted by atomic mass is 9.78. The van der Waals surface area contributed by atoms with E-state index in [-0.39, 0.29) is 17.5 Å². The van der Waals surface area contributed by atoms with Gasteiger partial charge in [-0.1, -0.05) is 26.7 Å². The summed E-state index contributed by atoms with van der Waals surface area (Å²) in [6.45, 7) is 5.88. The highest BCUT2D eigenvalue weighted by atomic mass is 79.9. The molecule has 6 heteroatoms. The van der Waals surface area contributed by atoms with E-state index in [2.05, 4.69) is 35.1 Å². The second kappa shape index (κ2) is 8.10. The number of esters is 1. The van der Waals surface area contributed by atoms with E-state index >= 15 is 0 Å². The summed E-state index contributed by atoms with van der Waals surface area (Å²) in [6, 6.07) is 3.81. The molecule has 4 nitrogen and oxygen atoms in total. The number of carbonyl (C=O) groups is 2. The molecule has 132 valence electrons. The van der Waals surface area contributed by atoms with Crippen molar-refractivity contribution < 1.29 is 18.7 Å². The number of halogens is 2. The largest absolute Gasteiger partial charge is 0.449 e. The molecule has 1 aliphatic carbocycles. The van der Waals surface area contributed by atoms with Crippen LogP contribution in [0, 0.1) is 17.7 Å². The number of hydrogen-bond donors (Lipinski definition) is 1. The van der Waals surface area contributed by atoms with E-state index in [4.69, 9.17) is 4.74 Å². The summed E-state index contributed by atoms with van der Waals surface area (Å²) in [5.41, 5.74) is 0.190. The molecule has 1 aromatic rings. The number of rotatable bonds is 4. The molecule has 0 bridgehead atoms. The second-order valence-electron chi connectivity index (χ2n) is 6.55. The molecular formula is C18H23BrFNO3. The Balaban J connectivity index is 1.94. The van der Waals surface area contributed by atoms with Crippen LogP contribution in [0.5, 0.6) is 0 Å². The molecule has 1 saturated carbocycles. The van der Waals surface area contributed by atoms with E-state index in [0.29, 0.717) is 16.3 Å². The highest BCUT2D eigenvalue weighted by Gasteiger charge is 2.30. The summed E-state index contributed by atoms with van der Waals surface area (Å²) in [5.74, 6) is -0.444. The Kier molecular flexibility index (Phi) is 6.38. The standard InChI is InChI=1S/C18H23BrFNO3/c1-10-5-4-6-16(11(10)2)21-17(22)12(3)24-18(23)14-8-7-13(20)9-15(14)19/h7-12,16H,4-6H2,1-3H3,(H,21,22)/t10-,11+,12+,16+/m0/s1. The van der Waals surface area contributed by atoms with Crippen molar-refractivity contribution in [1.82, 2.24) is 5.32 Å². The van der Waals surface area contributed by atoms with E-state index in [1.54, 1.807) is 6.92 Å². The minimum absolute atomic E-state index is 0.111. The van der Waals surface area contributed by atoms with Crippen LogP contribution >= 0.6 is 15.9 Å². The summed E-state index contributed by atoms with van der Waals surface area (Å²) in [6.07, 6.45) is 2.31. The summed E-state index contributed by atoms with van der Waals surface area (Å²) in [4.78, 5) is 24.5. The summed E-state index contributed by atoms with van der Waals surface area (Å²) in [7, 11) is 0. The van der Waals surface area contributed by atoms with Crippen LogP contribution < -0.4 is 5.32 Å². The maximum absolute atomic E-state index is 13.1. The molecule has 0 saturated heterocycles. The second-order valence-corrected chi connectivity index (χ2v) is 7.41. The van der Waals surface area contributed by atoms with Gasteiger partial charge in [0.2, 0.25) is 0 Å². The van der Waals surface area contributed by atoms with Gasteiger partial charge in [0.25, 0.3) is 5.91 Å². The molecule has 0 spiro atoms. The minimum atomic E-state index is -0.904. The predicted octanol–water partition coefficient (Wildman–Crippen LogP) is 4.07. The summed E-state index contributed by atoms with van der Waals surface area (Å²) >= 11 is 3.13. The molecule has 0 radical (unpaired) electrons. The molecule has 24 heavy (non-hydrogen) atoms. The van der Waals surface area contributed by atoms with Gasteiger partial charge in [0.05, 0.1) is 5.56 Å². The first-order valence-electron chi connectivity index (χ1n) is 8.26. The van der Waals surface area contributed by atoms with Crippen molar-refractivity contribution in [2.75, 3.05) is 0 Å². The Morgan fingerprint density at radius 2 is 2.04 bits per heavy atom. The highest BCUT2D eigenvalue weighted by molar-refractivity contribution is 9.10. The lowest BCUT2D eigenvalue weighted by Crippen LogP contribution is -2.47. The number of ether oxygens (including phenoxy) is 1. The van der Waals surface area contributed by atoms with Crippen molar-refractivity contribution in [3.8, 4) is 0 Å². The lowest BCUT2D eigenvalue weighted by Gasteiger charge is -2.35. The molecular weight excluding hydrogens is 377 g/mol. The van der Waals surface area contributed by atoms with E-state index in [1.165, 1.54) is 24.6 Å². The predicted molar refractivity (Wildman–Crippen MR) is 93.1 cm³/mol. The zero-order valence-electron chi connectivity index (χ0n) is 14.1. The van der Waals surface area contributed by atoms with Gasteiger partial charge in [0, 0.05) is 10.5 Å². The Hall–Kier alpha value is -1.43. The fraction of sp³-hybridized carbons (Fsp3) is 0.556. The van der Waals surface area contributed by atoms with Gasteiger partial charge in [0.15, 0.2) is 6.10 Å². The molecule has 1 aliphatic rings. The fourth-order valence-electron chi connectivity index (χ4n) is 3.02. The van der Waals surface area contributed by atoms with Crippen LogP contribution in [0.1, 0.15) is 50.4 Å². The average molecular weight is 400 g/mol. The smallest absolute Gasteiger partial charge is 0.340 e. The Morgan fingerprint density at radius 1 is 1.33 bits per heavy atom. The summed E-state index contributed by atoms with van der Waals surface area (Å²) < 4.78 is 18.6. The first-order valence-corrected chi connectivity index (χ1v) is 9.05. The normalized spacial score (nSPS) is 25.0. The summed E-state index contributed by atoms with van der Waals surface area (Å²) in [5, 5.41) is 2.99. The zero-order valence-corrected chi connectivity index (χ0v) is 15.7. The Bertz CT molecular complexity index is 622. The van der Waals surface area contributed by atoms with Crippen molar-refractivity contribution >= 4 is 27.8 Å². The van der Waals surface area contributed by atoms with Gasteiger partial charge in [-0.3, -0.25) is 4.79 Å². The van der Waals surface area contributed by atoms with Crippen molar-refractivity contribution in [2.45, 2.75) is 52.2 Å². The molecule has 0 aliphatic heterocycles. The third-order valence-corrected chi connectivity index (χ3v) is 5.49. The van der Waals surface area contributed by atoms with Gasteiger partial charge >= 0.3 is 5.97 Å². The van der Waals surface area contributed by atoms with Crippen LogP contribution in [-0.2, 0) is 9.53 Å². The Labute approximate surface area is 150 Å². The molecule has 0 heterocycles. The fourth-order valence-corrected chi connectivity index (χ4v) is 3.53. The SMILES string of the molecule is C[C@@H]1[C@@H](C)CCC[C@H]1NC(=O)[C@@H](C)OC(=O)c1ccc(F)cc1Br. The first kappa shape index (κ1) is 18.9. The number of amides is 1. The minimum Gasteiger partial charge on any atom is -0.449 e. The van der Waals surface area contributed by atoms with Crippen LogP contribution in [0.15, 0.2) is 22.7 Å². The maximum atomic E-state index is 13.1. The van der Waals surface area contributed by atoms with E-state index in [1.807, 2.05) is 0 Å². The van der Waals surface area contributed by atoms with Crippen LogP contribution in [0.3, 0.4) is 0 Å². The maximum Gasteiger partial charge on any atom is 0.340 e. The highest BCUT2D eigenvalue weighted by Crippen LogP contribution is 2.29. The van der Waals surface area contributed by atoms with Crippen LogP contribution in [0.25, 0.3) is 0 Å². The number of hydrogen-bond acceptors (Lipinski definition) is 3. The molecule has 0 aromatic heterocycles. The Morgan fingerprint density at radius 3 is 2.71 bits per heavy atom. The van der Waals surface area contributed by atoms with Crippen LogP contribution in [0.4, 0.5) is 4.39 Å². The first-order chi connectivity index (χ1) is 11.3. The van der Waals surface area contributed by atoms with Gasteiger partial charge in [-0.25, -0.2) is 9.18 Å². The van der Waals surface area contributed by atoms with Crippen molar-refractivity contribution in [1.29, 1.82) is 0 Å². The molecule has 2 rings (SSSR count).